The lowest BCUT2D eigenvalue weighted by atomic mass is 10.1. The Bertz CT molecular complexity index is 661. The van der Waals surface area contributed by atoms with Crippen LogP contribution in [0.3, 0.4) is 0 Å². The average molecular weight is 271 g/mol. The fourth-order valence-corrected chi connectivity index (χ4v) is 2.10. The van der Waals surface area contributed by atoms with E-state index in [4.69, 9.17) is 11.6 Å². The van der Waals surface area contributed by atoms with Gasteiger partial charge in [0.1, 0.15) is 0 Å². The SMILES string of the molecule is Cc1ccncc1-c1cnn(-c2ncccc2Cl)c1. The zero-order chi connectivity index (χ0) is 13.2. The largest absolute Gasteiger partial charge is 0.264 e. The molecule has 0 fully saturated rings. The lowest BCUT2D eigenvalue weighted by Crippen LogP contribution is -1.97. The molecule has 3 aromatic heterocycles. The van der Waals surface area contributed by atoms with E-state index < -0.39 is 0 Å². The number of hydrogen-bond acceptors (Lipinski definition) is 3. The Morgan fingerprint density at radius 2 is 2.05 bits per heavy atom. The van der Waals surface area contributed by atoms with Gasteiger partial charge in [0.25, 0.3) is 0 Å². The van der Waals surface area contributed by atoms with Crippen LogP contribution in [-0.4, -0.2) is 19.7 Å². The first-order chi connectivity index (χ1) is 9.25. The summed E-state index contributed by atoms with van der Waals surface area (Å²) in [7, 11) is 0. The van der Waals surface area contributed by atoms with Crippen molar-refractivity contribution in [3.05, 3.63) is 59.8 Å². The highest BCUT2D eigenvalue weighted by Crippen LogP contribution is 2.23. The fraction of sp³-hybridized carbons (Fsp3) is 0.0714. The Balaban J connectivity index is 2.06. The third kappa shape index (κ3) is 2.22. The highest BCUT2D eigenvalue weighted by molar-refractivity contribution is 6.32. The molecule has 3 rings (SSSR count). The van der Waals surface area contributed by atoms with Crippen LogP contribution in [0.4, 0.5) is 0 Å². The quantitative estimate of drug-likeness (QED) is 0.718. The summed E-state index contributed by atoms with van der Waals surface area (Å²) in [6.45, 7) is 2.04. The van der Waals surface area contributed by atoms with Crippen LogP contribution in [0.2, 0.25) is 5.02 Å². The number of pyridine rings is 2. The monoisotopic (exact) mass is 270 g/mol. The molecule has 94 valence electrons. The third-order valence-electron chi connectivity index (χ3n) is 2.89. The molecule has 0 amide bonds. The maximum atomic E-state index is 6.11. The Hall–Kier alpha value is -2.20. The molecule has 4 nitrogen and oxygen atoms in total. The van der Waals surface area contributed by atoms with Crippen LogP contribution in [0.25, 0.3) is 16.9 Å². The second-order valence-electron chi connectivity index (χ2n) is 4.17. The van der Waals surface area contributed by atoms with E-state index in [-0.39, 0.29) is 0 Å². The lowest BCUT2D eigenvalue weighted by Gasteiger charge is -2.02. The number of rotatable bonds is 2. The molecule has 0 aliphatic carbocycles. The van der Waals surface area contributed by atoms with Crippen LogP contribution >= 0.6 is 11.6 Å². The first kappa shape index (κ1) is 11.9. The van der Waals surface area contributed by atoms with E-state index in [0.29, 0.717) is 10.8 Å². The molecular formula is C14H11ClN4. The third-order valence-corrected chi connectivity index (χ3v) is 3.18. The molecule has 3 aromatic rings. The zero-order valence-corrected chi connectivity index (χ0v) is 11.0. The second-order valence-corrected chi connectivity index (χ2v) is 4.58. The van der Waals surface area contributed by atoms with Crippen molar-refractivity contribution in [2.24, 2.45) is 0 Å². The highest BCUT2D eigenvalue weighted by Gasteiger charge is 2.08. The van der Waals surface area contributed by atoms with Gasteiger partial charge >= 0.3 is 0 Å². The fourth-order valence-electron chi connectivity index (χ4n) is 1.89. The minimum absolute atomic E-state index is 0.569. The summed E-state index contributed by atoms with van der Waals surface area (Å²) in [5.41, 5.74) is 3.20. The van der Waals surface area contributed by atoms with E-state index in [9.17, 15) is 0 Å². The molecule has 0 N–H and O–H groups in total. The predicted octanol–water partition coefficient (Wildman–Crippen LogP) is 3.29. The van der Waals surface area contributed by atoms with Crippen molar-refractivity contribution in [2.75, 3.05) is 0 Å². The number of aryl methyl sites for hydroxylation is 1. The Morgan fingerprint density at radius 1 is 1.16 bits per heavy atom. The summed E-state index contributed by atoms with van der Waals surface area (Å²) in [6, 6.07) is 5.56. The molecule has 0 spiro atoms. The van der Waals surface area contributed by atoms with E-state index in [2.05, 4.69) is 15.1 Å². The van der Waals surface area contributed by atoms with Gasteiger partial charge in [-0.05, 0) is 30.7 Å². The van der Waals surface area contributed by atoms with Crippen molar-refractivity contribution in [1.82, 2.24) is 19.7 Å². The van der Waals surface area contributed by atoms with Gasteiger partial charge in [-0.2, -0.15) is 5.10 Å². The summed E-state index contributed by atoms with van der Waals surface area (Å²) in [6.07, 6.45) is 8.99. The minimum atomic E-state index is 0.569. The molecule has 0 aliphatic heterocycles. The van der Waals surface area contributed by atoms with Crippen LogP contribution in [0.5, 0.6) is 0 Å². The van der Waals surface area contributed by atoms with Crippen molar-refractivity contribution in [3.63, 3.8) is 0 Å². The molecule has 0 unspecified atom stereocenters. The van der Waals surface area contributed by atoms with Crippen molar-refractivity contribution in [2.45, 2.75) is 6.92 Å². The van der Waals surface area contributed by atoms with E-state index in [1.807, 2.05) is 25.4 Å². The van der Waals surface area contributed by atoms with Gasteiger partial charge in [-0.3, -0.25) is 4.98 Å². The van der Waals surface area contributed by atoms with Crippen LogP contribution in [0.1, 0.15) is 5.56 Å². The average Bonchev–Trinajstić information content (AvgIpc) is 2.89. The molecule has 0 bridgehead atoms. The van der Waals surface area contributed by atoms with Crippen molar-refractivity contribution in [3.8, 4) is 16.9 Å². The standard InChI is InChI=1S/C14H11ClN4/c1-10-4-6-16-8-12(10)11-7-18-19(9-11)14-13(15)3-2-5-17-14/h2-9H,1H3. The van der Waals surface area contributed by atoms with Crippen LogP contribution in [-0.2, 0) is 0 Å². The van der Waals surface area contributed by atoms with Crippen LogP contribution in [0.15, 0.2) is 49.2 Å². The first-order valence-corrected chi connectivity index (χ1v) is 6.20. The van der Waals surface area contributed by atoms with Crippen molar-refractivity contribution in [1.29, 1.82) is 0 Å². The molecule has 3 heterocycles. The maximum Gasteiger partial charge on any atom is 0.172 e. The summed E-state index contributed by atoms with van der Waals surface area (Å²) in [5, 5.41) is 4.88. The number of aromatic nitrogens is 4. The lowest BCUT2D eigenvalue weighted by molar-refractivity contribution is 0.847. The Morgan fingerprint density at radius 3 is 2.84 bits per heavy atom. The topological polar surface area (TPSA) is 43.6 Å². The normalized spacial score (nSPS) is 10.6. The van der Waals surface area contributed by atoms with Gasteiger partial charge in [-0.1, -0.05) is 11.6 Å². The Labute approximate surface area is 115 Å². The van der Waals surface area contributed by atoms with Gasteiger partial charge in [0.2, 0.25) is 0 Å². The summed E-state index contributed by atoms with van der Waals surface area (Å²) in [4.78, 5) is 8.37. The van der Waals surface area contributed by atoms with E-state index in [1.165, 1.54) is 0 Å². The molecule has 0 saturated carbocycles. The highest BCUT2D eigenvalue weighted by atomic mass is 35.5. The second kappa shape index (κ2) is 4.82. The van der Waals surface area contributed by atoms with Crippen molar-refractivity contribution >= 4 is 11.6 Å². The molecule has 0 aliphatic rings. The number of hydrogen-bond donors (Lipinski definition) is 0. The van der Waals surface area contributed by atoms with E-state index >= 15 is 0 Å². The van der Waals surface area contributed by atoms with E-state index in [0.717, 1.165) is 16.7 Å². The molecule has 0 atom stereocenters. The maximum absolute atomic E-state index is 6.11. The minimum Gasteiger partial charge on any atom is -0.264 e. The summed E-state index contributed by atoms with van der Waals surface area (Å²) >= 11 is 6.11. The molecular weight excluding hydrogens is 260 g/mol. The van der Waals surface area contributed by atoms with Gasteiger partial charge in [0.15, 0.2) is 5.82 Å². The summed E-state index contributed by atoms with van der Waals surface area (Å²) in [5.74, 6) is 0.622. The van der Waals surface area contributed by atoms with Gasteiger partial charge < -0.3 is 0 Å². The van der Waals surface area contributed by atoms with Gasteiger partial charge in [0.05, 0.1) is 11.2 Å². The molecule has 0 aromatic carbocycles. The molecule has 5 heteroatoms. The van der Waals surface area contributed by atoms with Crippen LogP contribution < -0.4 is 0 Å². The Kier molecular flexibility index (Phi) is 3.01. The number of halogens is 1. The van der Waals surface area contributed by atoms with Gasteiger partial charge in [0, 0.05) is 35.9 Å². The van der Waals surface area contributed by atoms with Crippen molar-refractivity contribution < 1.29 is 0 Å². The number of nitrogens with zero attached hydrogens (tertiary/aromatic N) is 4. The van der Waals surface area contributed by atoms with E-state index in [1.54, 1.807) is 35.4 Å². The molecule has 19 heavy (non-hydrogen) atoms. The van der Waals surface area contributed by atoms with Gasteiger partial charge in [-0.15, -0.1) is 0 Å². The molecule has 0 radical (unpaired) electrons. The summed E-state index contributed by atoms with van der Waals surface area (Å²) < 4.78 is 1.67. The van der Waals surface area contributed by atoms with Crippen LogP contribution in [0, 0.1) is 6.92 Å². The zero-order valence-electron chi connectivity index (χ0n) is 10.3. The predicted molar refractivity (Wildman–Crippen MR) is 74.3 cm³/mol. The van der Waals surface area contributed by atoms with Gasteiger partial charge in [-0.25, -0.2) is 9.67 Å². The smallest absolute Gasteiger partial charge is 0.172 e. The molecule has 0 saturated heterocycles. The first-order valence-electron chi connectivity index (χ1n) is 5.82.